The highest BCUT2D eigenvalue weighted by molar-refractivity contribution is 9.10. The number of aliphatic hydroxyl groups is 1. The minimum atomic E-state index is -3.75. The smallest absolute Gasteiger partial charge is 0.232 e. The molecule has 2 heterocycles. The molecular weight excluding hydrogens is 685 g/mol. The molecule has 46 heavy (non-hydrogen) atoms. The minimum absolute atomic E-state index is 0.0422. The van der Waals surface area contributed by atoms with Gasteiger partial charge in [0.25, 0.3) is 0 Å². The van der Waals surface area contributed by atoms with Gasteiger partial charge >= 0.3 is 0 Å². The van der Waals surface area contributed by atoms with Crippen molar-refractivity contribution in [3.63, 3.8) is 0 Å². The summed E-state index contributed by atoms with van der Waals surface area (Å²) in [5.41, 5.74) is 7.66. The molecule has 1 aliphatic rings. The van der Waals surface area contributed by atoms with E-state index in [-0.39, 0.29) is 42.3 Å². The fourth-order valence-corrected chi connectivity index (χ4v) is 6.36. The van der Waals surface area contributed by atoms with Gasteiger partial charge in [0, 0.05) is 62.7 Å². The molecular formula is C30H41BrFN7O6S. The first-order chi connectivity index (χ1) is 21.9. The molecule has 2 aromatic carbocycles. The number of piperidine rings is 1. The Morgan fingerprint density at radius 3 is 2.52 bits per heavy atom. The zero-order chi connectivity index (χ0) is 33.4. The predicted molar refractivity (Wildman–Crippen MR) is 181 cm³/mol. The van der Waals surface area contributed by atoms with Crippen molar-refractivity contribution >= 4 is 60.5 Å². The average Bonchev–Trinajstić information content (AvgIpc) is 3.01. The van der Waals surface area contributed by atoms with Gasteiger partial charge in [-0.05, 0) is 55.0 Å². The van der Waals surface area contributed by atoms with Crippen molar-refractivity contribution in [3.8, 4) is 17.2 Å². The van der Waals surface area contributed by atoms with Crippen LogP contribution in [0.25, 0.3) is 0 Å². The maximum Gasteiger partial charge on any atom is 0.232 e. The van der Waals surface area contributed by atoms with Crippen LogP contribution in [0, 0.1) is 5.82 Å². The van der Waals surface area contributed by atoms with Gasteiger partial charge in [-0.15, -0.1) is 0 Å². The molecule has 0 spiro atoms. The van der Waals surface area contributed by atoms with Crippen LogP contribution in [0.2, 0.25) is 0 Å². The number of phenols is 1. The number of anilines is 6. The first-order valence-electron chi connectivity index (χ1n) is 15.0. The number of halogens is 2. The summed E-state index contributed by atoms with van der Waals surface area (Å²) in [7, 11) is -2.19. The van der Waals surface area contributed by atoms with E-state index in [1.807, 2.05) is 12.1 Å². The van der Waals surface area contributed by atoms with Crippen molar-refractivity contribution < 1.29 is 32.5 Å². The molecule has 4 rings (SSSR count). The van der Waals surface area contributed by atoms with E-state index in [0.717, 1.165) is 67.2 Å². The van der Waals surface area contributed by atoms with Crippen LogP contribution in [0.3, 0.4) is 0 Å². The standard InChI is InChI=1S/C30H41BrFN7O6S/c1-4-39(46(3,42)43)24-16-26(41)21(32)14-22(24)35-29-20(31)18-34-30(37-29)36-23-15-28(45-13-7-5-6-12-40)25(17-27(23)44-2)38-10-8-19(33)9-11-38/h14-19,40-41H,4-13,33H2,1-3H3,(H2,34,35,36,37). The molecule has 252 valence electrons. The number of nitrogens with two attached hydrogens (primary N) is 1. The van der Waals surface area contributed by atoms with Crippen molar-refractivity contribution in [2.24, 2.45) is 5.73 Å². The molecule has 0 aliphatic carbocycles. The third-order valence-electron chi connectivity index (χ3n) is 7.49. The van der Waals surface area contributed by atoms with E-state index in [0.29, 0.717) is 34.7 Å². The van der Waals surface area contributed by atoms with Gasteiger partial charge in [-0.2, -0.15) is 4.98 Å². The fourth-order valence-electron chi connectivity index (χ4n) is 5.10. The molecule has 3 aromatic rings. The summed E-state index contributed by atoms with van der Waals surface area (Å²) in [6, 6.07) is 5.93. The summed E-state index contributed by atoms with van der Waals surface area (Å²) in [5, 5.41) is 25.3. The van der Waals surface area contributed by atoms with Crippen LogP contribution in [0.15, 0.2) is 34.9 Å². The van der Waals surface area contributed by atoms with Gasteiger partial charge in [0.15, 0.2) is 11.6 Å². The maximum atomic E-state index is 14.5. The van der Waals surface area contributed by atoms with Crippen LogP contribution in [0.4, 0.5) is 38.9 Å². The van der Waals surface area contributed by atoms with E-state index in [9.17, 15) is 17.9 Å². The number of hydrogen-bond donors (Lipinski definition) is 5. The number of phenolic OH excluding ortho intramolecular Hbond substituents is 1. The second kappa shape index (κ2) is 15.8. The molecule has 13 nitrogen and oxygen atoms in total. The summed E-state index contributed by atoms with van der Waals surface area (Å²) in [6.45, 7) is 3.82. The molecule has 1 fully saturated rings. The molecule has 0 atom stereocenters. The number of methoxy groups -OCH3 is 1. The Balaban J connectivity index is 1.67. The summed E-state index contributed by atoms with van der Waals surface area (Å²) < 4.78 is 52.8. The third-order valence-corrected chi connectivity index (χ3v) is 9.32. The van der Waals surface area contributed by atoms with Crippen LogP contribution < -0.4 is 35.0 Å². The lowest BCUT2D eigenvalue weighted by Crippen LogP contribution is -2.39. The lowest BCUT2D eigenvalue weighted by atomic mass is 10.0. The second-order valence-electron chi connectivity index (χ2n) is 10.9. The molecule has 6 N–H and O–H groups in total. The SMILES string of the molecule is CCN(c1cc(O)c(F)cc1Nc1nc(Nc2cc(OCCCCCO)c(N3CCC(N)CC3)cc2OC)ncc1Br)S(C)(=O)=O. The molecule has 0 unspecified atom stereocenters. The Bertz CT molecular complexity index is 1610. The van der Waals surface area contributed by atoms with Crippen LogP contribution >= 0.6 is 15.9 Å². The highest BCUT2D eigenvalue weighted by Crippen LogP contribution is 2.41. The summed E-state index contributed by atoms with van der Waals surface area (Å²) in [5.74, 6) is -0.110. The number of hydrogen-bond acceptors (Lipinski definition) is 12. The number of unbranched alkanes of at least 4 members (excludes halogenated alkanes) is 2. The Morgan fingerprint density at radius 1 is 1.13 bits per heavy atom. The number of aromatic nitrogens is 2. The quantitative estimate of drug-likeness (QED) is 0.107. The Labute approximate surface area is 277 Å². The molecule has 1 aromatic heterocycles. The number of aromatic hydroxyl groups is 1. The van der Waals surface area contributed by atoms with E-state index in [2.05, 4.69) is 41.4 Å². The van der Waals surface area contributed by atoms with Crippen LogP contribution in [-0.2, 0) is 10.0 Å². The molecule has 1 saturated heterocycles. The molecule has 1 aliphatic heterocycles. The normalized spacial score (nSPS) is 13.8. The number of benzene rings is 2. The van der Waals surface area contributed by atoms with Crippen LogP contribution in [0.1, 0.15) is 39.0 Å². The highest BCUT2D eigenvalue weighted by atomic mass is 79.9. The highest BCUT2D eigenvalue weighted by Gasteiger charge is 2.24. The largest absolute Gasteiger partial charge is 0.505 e. The van der Waals surface area contributed by atoms with E-state index >= 15 is 0 Å². The zero-order valence-electron chi connectivity index (χ0n) is 26.1. The predicted octanol–water partition coefficient (Wildman–Crippen LogP) is 4.83. The second-order valence-corrected chi connectivity index (χ2v) is 13.6. The molecule has 16 heteroatoms. The monoisotopic (exact) mass is 725 g/mol. The molecule has 0 saturated carbocycles. The van der Waals surface area contributed by atoms with Crippen LogP contribution in [-0.4, -0.2) is 80.9 Å². The zero-order valence-corrected chi connectivity index (χ0v) is 28.5. The topological polar surface area (TPSA) is 175 Å². The number of nitrogens with one attached hydrogen (secondary N) is 2. The van der Waals surface area contributed by atoms with Crippen molar-refractivity contribution in [1.29, 1.82) is 0 Å². The van der Waals surface area contributed by atoms with E-state index in [1.165, 1.54) is 6.20 Å². The summed E-state index contributed by atoms with van der Waals surface area (Å²) >= 11 is 3.40. The van der Waals surface area contributed by atoms with Crippen molar-refractivity contribution in [2.75, 3.05) is 66.1 Å². The maximum absolute atomic E-state index is 14.5. The fraction of sp³-hybridized carbons (Fsp3) is 0.467. The van der Waals surface area contributed by atoms with E-state index in [4.69, 9.17) is 20.3 Å². The van der Waals surface area contributed by atoms with E-state index < -0.39 is 21.6 Å². The van der Waals surface area contributed by atoms with Gasteiger partial charge in [0.2, 0.25) is 16.0 Å². The average molecular weight is 727 g/mol. The first kappa shape index (κ1) is 35.3. The minimum Gasteiger partial charge on any atom is -0.505 e. The number of sulfonamides is 1. The van der Waals surface area contributed by atoms with Crippen molar-refractivity contribution in [3.05, 3.63) is 40.8 Å². The Morgan fingerprint density at radius 2 is 1.87 bits per heavy atom. The van der Waals surface area contributed by atoms with Gasteiger partial charge in [0.1, 0.15) is 17.3 Å². The molecule has 0 radical (unpaired) electrons. The number of nitrogens with zero attached hydrogens (tertiary/aromatic N) is 4. The van der Waals surface area contributed by atoms with Gasteiger partial charge in [-0.1, -0.05) is 0 Å². The van der Waals surface area contributed by atoms with Crippen LogP contribution in [0.5, 0.6) is 17.2 Å². The lowest BCUT2D eigenvalue weighted by molar-refractivity contribution is 0.266. The Hall–Kier alpha value is -3.60. The van der Waals surface area contributed by atoms with Gasteiger partial charge in [0.05, 0.1) is 47.2 Å². The van der Waals surface area contributed by atoms with Crippen molar-refractivity contribution in [2.45, 2.75) is 45.1 Å². The van der Waals surface area contributed by atoms with E-state index in [1.54, 1.807) is 14.0 Å². The molecule has 0 amide bonds. The summed E-state index contributed by atoms with van der Waals surface area (Å²) in [4.78, 5) is 11.1. The van der Waals surface area contributed by atoms with Crippen molar-refractivity contribution in [1.82, 2.24) is 9.97 Å². The first-order valence-corrected chi connectivity index (χ1v) is 17.6. The Kier molecular flexibility index (Phi) is 12.1. The lowest BCUT2D eigenvalue weighted by Gasteiger charge is -2.33. The van der Waals surface area contributed by atoms with Gasteiger partial charge < -0.3 is 41.0 Å². The number of ether oxygens (including phenoxy) is 2. The number of aliphatic hydroxyl groups excluding tert-OH is 1. The number of rotatable bonds is 15. The third kappa shape index (κ3) is 8.80. The van der Waals surface area contributed by atoms with Gasteiger partial charge in [-0.25, -0.2) is 17.8 Å². The summed E-state index contributed by atoms with van der Waals surface area (Å²) in [6.07, 6.45) is 6.53. The molecule has 0 bridgehead atoms. The van der Waals surface area contributed by atoms with Gasteiger partial charge in [-0.3, -0.25) is 4.31 Å².